The predicted octanol–water partition coefficient (Wildman–Crippen LogP) is 0.762. The van der Waals surface area contributed by atoms with Crippen molar-refractivity contribution >= 4 is 10.0 Å². The van der Waals surface area contributed by atoms with Gasteiger partial charge in [-0.25, -0.2) is 13.1 Å². The molecular weight excluding hydrogens is 278 g/mol. The second-order valence-corrected chi connectivity index (χ2v) is 7.44. The molecule has 0 aliphatic rings. The van der Waals surface area contributed by atoms with Crippen LogP contribution in [0, 0.1) is 5.92 Å². The first-order valence-corrected chi connectivity index (χ1v) is 8.18. The van der Waals surface area contributed by atoms with Crippen LogP contribution >= 0.6 is 0 Å². The fraction of sp³-hybridized carbons (Fsp3) is 0.692. The summed E-state index contributed by atoms with van der Waals surface area (Å²) in [7, 11) is 0.278. The first kappa shape index (κ1) is 17.2. The molecule has 0 amide bonds. The Morgan fingerprint density at radius 1 is 1.40 bits per heavy atom. The van der Waals surface area contributed by atoms with E-state index in [2.05, 4.69) is 23.6 Å². The molecule has 1 atom stereocenters. The highest BCUT2D eigenvalue weighted by molar-refractivity contribution is 7.89. The first-order valence-electron chi connectivity index (χ1n) is 6.69. The minimum Gasteiger partial charge on any atom is -0.390 e. The number of rotatable bonds is 8. The molecule has 0 spiro atoms. The minimum absolute atomic E-state index is 0.137. The van der Waals surface area contributed by atoms with Gasteiger partial charge in [0.2, 0.25) is 10.0 Å². The van der Waals surface area contributed by atoms with Gasteiger partial charge < -0.3 is 15.0 Å². The average Bonchev–Trinajstić information content (AvgIpc) is 2.75. The van der Waals surface area contributed by atoms with Crippen LogP contribution in [0.25, 0.3) is 0 Å². The largest absolute Gasteiger partial charge is 0.390 e. The van der Waals surface area contributed by atoms with E-state index in [1.54, 1.807) is 0 Å². The van der Waals surface area contributed by atoms with Crippen LogP contribution in [-0.2, 0) is 16.6 Å². The number of aromatic amines is 1. The van der Waals surface area contributed by atoms with Gasteiger partial charge in [-0.15, -0.1) is 0 Å². The number of aliphatic hydroxyl groups excluding tert-OH is 1. The Balaban J connectivity index is 2.84. The van der Waals surface area contributed by atoms with E-state index in [1.807, 2.05) is 19.0 Å². The van der Waals surface area contributed by atoms with Crippen molar-refractivity contribution in [3.8, 4) is 0 Å². The zero-order valence-electron chi connectivity index (χ0n) is 12.5. The Labute approximate surface area is 121 Å². The van der Waals surface area contributed by atoms with Gasteiger partial charge in [0.15, 0.2) is 0 Å². The van der Waals surface area contributed by atoms with Gasteiger partial charge in [-0.1, -0.05) is 13.8 Å². The smallest absolute Gasteiger partial charge is 0.242 e. The van der Waals surface area contributed by atoms with Crippen LogP contribution in [0.4, 0.5) is 0 Å². The maximum absolute atomic E-state index is 12.3. The van der Waals surface area contributed by atoms with Gasteiger partial charge in [0.1, 0.15) is 0 Å². The Kier molecular flexibility index (Phi) is 6.19. The number of nitrogens with one attached hydrogen (secondary N) is 2. The lowest BCUT2D eigenvalue weighted by Crippen LogP contribution is -2.42. The maximum atomic E-state index is 12.3. The number of hydrogen-bond acceptors (Lipinski definition) is 4. The average molecular weight is 303 g/mol. The fourth-order valence-electron chi connectivity index (χ4n) is 2.12. The molecule has 0 saturated heterocycles. The van der Waals surface area contributed by atoms with Gasteiger partial charge in [0, 0.05) is 24.5 Å². The van der Waals surface area contributed by atoms with Gasteiger partial charge >= 0.3 is 0 Å². The van der Waals surface area contributed by atoms with Crippen LogP contribution < -0.4 is 4.72 Å². The van der Waals surface area contributed by atoms with Crippen molar-refractivity contribution in [2.45, 2.75) is 37.8 Å². The number of hydrogen-bond donors (Lipinski definition) is 3. The second kappa shape index (κ2) is 7.21. The van der Waals surface area contributed by atoms with Gasteiger partial charge in [-0.2, -0.15) is 0 Å². The summed E-state index contributed by atoms with van der Waals surface area (Å²) in [4.78, 5) is 4.86. The highest BCUT2D eigenvalue weighted by atomic mass is 32.2. The molecular formula is C13H25N3O3S. The van der Waals surface area contributed by atoms with Crippen molar-refractivity contribution in [3.63, 3.8) is 0 Å². The normalized spacial score (nSPS) is 14.2. The van der Waals surface area contributed by atoms with Gasteiger partial charge in [-0.3, -0.25) is 0 Å². The molecule has 1 heterocycles. The van der Waals surface area contributed by atoms with Crippen molar-refractivity contribution in [3.05, 3.63) is 18.0 Å². The van der Waals surface area contributed by atoms with Crippen LogP contribution in [0.1, 0.15) is 26.0 Å². The SMILES string of the molecule is CC(C)CC(CN(C)C)NS(=O)(=O)c1c[nH]c(CO)c1. The van der Waals surface area contributed by atoms with Crippen LogP contribution in [0.5, 0.6) is 0 Å². The van der Waals surface area contributed by atoms with Crippen molar-refractivity contribution in [1.29, 1.82) is 0 Å². The van der Waals surface area contributed by atoms with E-state index in [0.29, 0.717) is 18.2 Å². The number of H-pyrrole nitrogens is 1. The van der Waals surface area contributed by atoms with E-state index in [9.17, 15) is 8.42 Å². The van der Waals surface area contributed by atoms with Gasteiger partial charge in [0.25, 0.3) is 0 Å². The third kappa shape index (κ3) is 5.24. The van der Waals surface area contributed by atoms with Crippen molar-refractivity contribution in [2.24, 2.45) is 5.92 Å². The Hall–Kier alpha value is -0.890. The van der Waals surface area contributed by atoms with E-state index >= 15 is 0 Å². The third-order valence-electron chi connectivity index (χ3n) is 2.86. The summed E-state index contributed by atoms with van der Waals surface area (Å²) < 4.78 is 27.3. The van der Waals surface area contributed by atoms with Crippen molar-refractivity contribution in [1.82, 2.24) is 14.6 Å². The lowest BCUT2D eigenvalue weighted by Gasteiger charge is -2.23. The Morgan fingerprint density at radius 3 is 2.50 bits per heavy atom. The van der Waals surface area contributed by atoms with E-state index in [-0.39, 0.29) is 17.5 Å². The van der Waals surface area contributed by atoms with Gasteiger partial charge in [0.05, 0.1) is 11.5 Å². The summed E-state index contributed by atoms with van der Waals surface area (Å²) in [5, 5.41) is 8.98. The summed E-state index contributed by atoms with van der Waals surface area (Å²) in [5.41, 5.74) is 0.485. The quantitative estimate of drug-likeness (QED) is 0.662. The molecule has 0 fully saturated rings. The summed E-state index contributed by atoms with van der Waals surface area (Å²) in [6.07, 6.45) is 2.17. The molecule has 1 unspecified atom stereocenters. The summed E-state index contributed by atoms with van der Waals surface area (Å²) in [5.74, 6) is 0.405. The van der Waals surface area contributed by atoms with E-state index in [0.717, 1.165) is 6.42 Å². The number of sulfonamides is 1. The standard InChI is InChI=1S/C13H25N3O3S/c1-10(2)5-11(8-16(3)4)15-20(18,19)13-6-12(9-17)14-7-13/h6-7,10-11,14-15,17H,5,8-9H2,1-4H3. The van der Waals surface area contributed by atoms with E-state index in [1.165, 1.54) is 12.3 Å². The summed E-state index contributed by atoms with van der Waals surface area (Å²) in [6.45, 7) is 4.57. The third-order valence-corrected chi connectivity index (χ3v) is 4.36. The second-order valence-electron chi connectivity index (χ2n) is 5.73. The first-order chi connectivity index (χ1) is 9.24. The molecule has 20 heavy (non-hydrogen) atoms. The zero-order valence-corrected chi connectivity index (χ0v) is 13.4. The molecule has 0 radical (unpaired) electrons. The summed E-state index contributed by atoms with van der Waals surface area (Å²) >= 11 is 0. The van der Waals surface area contributed by atoms with Crippen LogP contribution in [0.2, 0.25) is 0 Å². The van der Waals surface area contributed by atoms with Crippen molar-refractivity contribution in [2.75, 3.05) is 20.6 Å². The molecule has 7 heteroatoms. The molecule has 116 valence electrons. The van der Waals surface area contributed by atoms with Crippen LogP contribution in [0.3, 0.4) is 0 Å². The molecule has 1 aromatic rings. The van der Waals surface area contributed by atoms with E-state index in [4.69, 9.17) is 5.11 Å². The molecule has 1 rings (SSSR count). The molecule has 0 saturated carbocycles. The molecule has 3 N–H and O–H groups in total. The van der Waals surface area contributed by atoms with Gasteiger partial charge in [-0.05, 0) is 32.5 Å². The van der Waals surface area contributed by atoms with Crippen LogP contribution in [-0.4, -0.2) is 50.1 Å². The summed E-state index contributed by atoms with van der Waals surface area (Å²) in [6, 6.07) is 1.31. The highest BCUT2D eigenvalue weighted by Crippen LogP contribution is 2.14. The number of nitrogens with zero attached hydrogens (tertiary/aromatic N) is 1. The Bertz CT molecular complexity index is 499. The van der Waals surface area contributed by atoms with Crippen LogP contribution in [0.15, 0.2) is 17.2 Å². The fourth-order valence-corrected chi connectivity index (χ4v) is 3.38. The molecule has 0 bridgehead atoms. The minimum atomic E-state index is -3.56. The lowest BCUT2D eigenvalue weighted by atomic mass is 10.0. The topological polar surface area (TPSA) is 85.4 Å². The number of aromatic nitrogens is 1. The predicted molar refractivity (Wildman–Crippen MR) is 78.8 cm³/mol. The number of aliphatic hydroxyl groups is 1. The molecule has 1 aromatic heterocycles. The molecule has 0 aliphatic carbocycles. The van der Waals surface area contributed by atoms with E-state index < -0.39 is 10.0 Å². The van der Waals surface area contributed by atoms with Crippen molar-refractivity contribution < 1.29 is 13.5 Å². The molecule has 0 aromatic carbocycles. The Morgan fingerprint density at radius 2 is 2.05 bits per heavy atom. The lowest BCUT2D eigenvalue weighted by molar-refractivity contribution is 0.277. The highest BCUT2D eigenvalue weighted by Gasteiger charge is 2.22. The monoisotopic (exact) mass is 303 g/mol. The maximum Gasteiger partial charge on any atom is 0.242 e. The zero-order chi connectivity index (χ0) is 15.3. The number of likely N-dealkylation sites (N-methyl/N-ethyl adjacent to an activating group) is 1. The molecule has 0 aliphatic heterocycles. The molecule has 6 nitrogen and oxygen atoms in total.